The minimum atomic E-state index is 0.309. The average Bonchev–Trinajstić information content (AvgIpc) is 3.19. The van der Waals surface area contributed by atoms with Gasteiger partial charge in [0.05, 0.1) is 18.7 Å². The summed E-state index contributed by atoms with van der Waals surface area (Å²) in [4.78, 5) is 4.43. The van der Waals surface area contributed by atoms with Gasteiger partial charge < -0.3 is 14.8 Å². The molecule has 26 heavy (non-hydrogen) atoms. The fourth-order valence-electron chi connectivity index (χ4n) is 3.57. The van der Waals surface area contributed by atoms with Crippen LogP contribution in [0.5, 0.6) is 11.5 Å². The number of para-hydroxylation sites is 1. The fraction of sp³-hybridized carbons (Fsp3) is 0.318. The zero-order chi connectivity index (χ0) is 17.8. The van der Waals surface area contributed by atoms with E-state index in [1.54, 1.807) is 7.11 Å². The molecular weight excluding hydrogens is 324 g/mol. The van der Waals surface area contributed by atoms with E-state index in [1.165, 1.54) is 23.8 Å². The molecular formula is C22H24N2O2. The van der Waals surface area contributed by atoms with Gasteiger partial charge in [0.2, 0.25) is 0 Å². The molecule has 1 heterocycles. The summed E-state index contributed by atoms with van der Waals surface area (Å²) in [6.45, 7) is 0.734. The number of methoxy groups -OCH3 is 1. The van der Waals surface area contributed by atoms with Gasteiger partial charge in [0.25, 0.3) is 0 Å². The third-order valence-corrected chi connectivity index (χ3v) is 4.98. The van der Waals surface area contributed by atoms with Crippen molar-refractivity contribution in [2.45, 2.75) is 38.3 Å². The Hall–Kier alpha value is -2.75. The molecule has 0 amide bonds. The van der Waals surface area contributed by atoms with Crippen molar-refractivity contribution in [1.82, 2.24) is 4.98 Å². The molecule has 4 nitrogen and oxygen atoms in total. The van der Waals surface area contributed by atoms with Crippen LogP contribution in [0.25, 0.3) is 10.9 Å². The van der Waals surface area contributed by atoms with E-state index in [2.05, 4.69) is 28.5 Å². The largest absolute Gasteiger partial charge is 0.493 e. The number of benzene rings is 2. The second kappa shape index (κ2) is 7.65. The summed E-state index contributed by atoms with van der Waals surface area (Å²) in [6.07, 6.45) is 6.93. The van der Waals surface area contributed by atoms with E-state index < -0.39 is 0 Å². The average molecular weight is 348 g/mol. The molecule has 1 aliphatic carbocycles. The van der Waals surface area contributed by atoms with Gasteiger partial charge >= 0.3 is 0 Å². The summed E-state index contributed by atoms with van der Waals surface area (Å²) in [6, 6.07) is 16.3. The maximum absolute atomic E-state index is 6.19. The first-order valence-electron chi connectivity index (χ1n) is 9.25. The number of fused-ring (bicyclic) bond motifs is 1. The second-order valence-corrected chi connectivity index (χ2v) is 6.73. The first-order valence-corrected chi connectivity index (χ1v) is 9.25. The smallest absolute Gasteiger partial charge is 0.163 e. The van der Waals surface area contributed by atoms with Crippen LogP contribution >= 0.6 is 0 Å². The highest BCUT2D eigenvalue weighted by Gasteiger charge is 2.18. The van der Waals surface area contributed by atoms with E-state index in [4.69, 9.17) is 9.47 Å². The van der Waals surface area contributed by atoms with Gasteiger partial charge in [-0.2, -0.15) is 0 Å². The Bertz CT molecular complexity index is 883. The lowest BCUT2D eigenvalue weighted by atomic mass is 10.1. The first kappa shape index (κ1) is 16.7. The number of pyridine rings is 1. The monoisotopic (exact) mass is 348 g/mol. The quantitative estimate of drug-likeness (QED) is 0.667. The Morgan fingerprint density at radius 1 is 1.04 bits per heavy atom. The van der Waals surface area contributed by atoms with E-state index in [0.717, 1.165) is 42.1 Å². The standard InChI is InChI=1S/C22H24N2O2/c1-25-21-11-10-17(14-22(21)26-18-6-2-3-7-18)24-15-16-12-13-23-20-9-5-4-8-19(16)20/h4-5,8-14,18,24H,2-3,6-7,15H2,1H3. The van der Waals surface area contributed by atoms with Crippen molar-refractivity contribution in [3.05, 3.63) is 60.3 Å². The molecule has 0 bridgehead atoms. The van der Waals surface area contributed by atoms with Crippen LogP contribution in [0.2, 0.25) is 0 Å². The minimum absolute atomic E-state index is 0.309. The molecule has 0 unspecified atom stereocenters. The van der Waals surface area contributed by atoms with Crippen molar-refractivity contribution in [3.63, 3.8) is 0 Å². The summed E-state index contributed by atoms with van der Waals surface area (Å²) in [7, 11) is 1.69. The fourth-order valence-corrected chi connectivity index (χ4v) is 3.57. The number of aromatic nitrogens is 1. The molecule has 1 N–H and O–H groups in total. The predicted octanol–water partition coefficient (Wildman–Crippen LogP) is 5.18. The van der Waals surface area contributed by atoms with Gasteiger partial charge in [-0.05, 0) is 55.5 Å². The van der Waals surface area contributed by atoms with Crippen molar-refractivity contribution in [2.75, 3.05) is 12.4 Å². The Morgan fingerprint density at radius 2 is 1.88 bits per heavy atom. The number of anilines is 1. The van der Waals surface area contributed by atoms with Crippen LogP contribution in [-0.4, -0.2) is 18.2 Å². The Labute approximate surface area is 154 Å². The Kier molecular flexibility index (Phi) is 4.91. The van der Waals surface area contributed by atoms with Crippen LogP contribution in [0.4, 0.5) is 5.69 Å². The molecule has 4 rings (SSSR count). The lowest BCUT2D eigenvalue weighted by Crippen LogP contribution is -2.12. The van der Waals surface area contributed by atoms with Gasteiger partial charge in [-0.25, -0.2) is 0 Å². The van der Waals surface area contributed by atoms with Crippen molar-refractivity contribution < 1.29 is 9.47 Å². The SMILES string of the molecule is COc1ccc(NCc2ccnc3ccccc23)cc1OC1CCCC1. The summed E-state index contributed by atoms with van der Waals surface area (Å²) in [5.41, 5.74) is 3.27. The summed E-state index contributed by atoms with van der Waals surface area (Å²) in [5, 5.41) is 4.69. The maximum atomic E-state index is 6.19. The van der Waals surface area contributed by atoms with Crippen LogP contribution in [0.1, 0.15) is 31.2 Å². The zero-order valence-electron chi connectivity index (χ0n) is 15.1. The minimum Gasteiger partial charge on any atom is -0.493 e. The highest BCUT2D eigenvalue weighted by atomic mass is 16.5. The van der Waals surface area contributed by atoms with Crippen LogP contribution < -0.4 is 14.8 Å². The van der Waals surface area contributed by atoms with Gasteiger partial charge in [-0.3, -0.25) is 4.98 Å². The number of hydrogen-bond donors (Lipinski definition) is 1. The van der Waals surface area contributed by atoms with Gasteiger partial charge in [0.15, 0.2) is 11.5 Å². The van der Waals surface area contributed by atoms with Gasteiger partial charge in [0, 0.05) is 29.9 Å². The molecule has 2 aromatic carbocycles. The van der Waals surface area contributed by atoms with Crippen molar-refractivity contribution >= 4 is 16.6 Å². The summed E-state index contributed by atoms with van der Waals surface area (Å²) >= 11 is 0. The molecule has 0 radical (unpaired) electrons. The van der Waals surface area contributed by atoms with E-state index in [-0.39, 0.29) is 0 Å². The van der Waals surface area contributed by atoms with Crippen LogP contribution in [-0.2, 0) is 6.54 Å². The molecule has 1 aliphatic rings. The Balaban J connectivity index is 1.52. The van der Waals surface area contributed by atoms with Crippen molar-refractivity contribution in [2.24, 2.45) is 0 Å². The number of nitrogens with zero attached hydrogens (tertiary/aromatic N) is 1. The predicted molar refractivity (Wildman–Crippen MR) is 105 cm³/mol. The summed E-state index contributed by atoms with van der Waals surface area (Å²) in [5.74, 6) is 1.61. The van der Waals surface area contributed by atoms with E-state index in [0.29, 0.717) is 6.10 Å². The number of nitrogens with one attached hydrogen (secondary N) is 1. The van der Waals surface area contributed by atoms with Crippen LogP contribution in [0, 0.1) is 0 Å². The van der Waals surface area contributed by atoms with Gasteiger partial charge in [-0.15, -0.1) is 0 Å². The van der Waals surface area contributed by atoms with E-state index in [1.807, 2.05) is 36.5 Å². The van der Waals surface area contributed by atoms with Gasteiger partial charge in [-0.1, -0.05) is 18.2 Å². The van der Waals surface area contributed by atoms with Crippen molar-refractivity contribution in [1.29, 1.82) is 0 Å². The topological polar surface area (TPSA) is 43.4 Å². The summed E-state index contributed by atoms with van der Waals surface area (Å²) < 4.78 is 11.7. The van der Waals surface area contributed by atoms with E-state index in [9.17, 15) is 0 Å². The van der Waals surface area contributed by atoms with Crippen molar-refractivity contribution in [3.8, 4) is 11.5 Å². The third kappa shape index (κ3) is 3.59. The highest BCUT2D eigenvalue weighted by Crippen LogP contribution is 2.34. The van der Waals surface area contributed by atoms with E-state index >= 15 is 0 Å². The number of hydrogen-bond acceptors (Lipinski definition) is 4. The molecule has 0 saturated heterocycles. The number of ether oxygens (including phenoxy) is 2. The normalized spacial score (nSPS) is 14.5. The molecule has 4 heteroatoms. The first-order chi connectivity index (χ1) is 12.8. The molecule has 1 aromatic heterocycles. The molecule has 0 atom stereocenters. The number of rotatable bonds is 6. The molecule has 1 saturated carbocycles. The molecule has 0 aliphatic heterocycles. The second-order valence-electron chi connectivity index (χ2n) is 6.73. The lowest BCUT2D eigenvalue weighted by Gasteiger charge is -2.17. The lowest BCUT2D eigenvalue weighted by molar-refractivity contribution is 0.201. The third-order valence-electron chi connectivity index (χ3n) is 4.98. The van der Waals surface area contributed by atoms with Crippen LogP contribution in [0.15, 0.2) is 54.7 Å². The molecule has 0 spiro atoms. The molecule has 134 valence electrons. The molecule has 1 fully saturated rings. The zero-order valence-corrected chi connectivity index (χ0v) is 15.1. The highest BCUT2D eigenvalue weighted by molar-refractivity contribution is 5.82. The van der Waals surface area contributed by atoms with Crippen LogP contribution in [0.3, 0.4) is 0 Å². The maximum Gasteiger partial charge on any atom is 0.163 e. The molecule has 3 aromatic rings. The van der Waals surface area contributed by atoms with Gasteiger partial charge in [0.1, 0.15) is 0 Å². The Morgan fingerprint density at radius 3 is 2.73 bits per heavy atom.